The minimum absolute atomic E-state index is 0.139. The highest BCUT2D eigenvalue weighted by Crippen LogP contribution is 2.37. The van der Waals surface area contributed by atoms with Crippen LogP contribution in [0.2, 0.25) is 0 Å². The Morgan fingerprint density at radius 2 is 1.58 bits per heavy atom. The molecule has 0 aliphatic carbocycles. The lowest BCUT2D eigenvalue weighted by Crippen LogP contribution is -2.21. The van der Waals surface area contributed by atoms with Crippen LogP contribution in [0.1, 0.15) is 36.7 Å². The van der Waals surface area contributed by atoms with Gasteiger partial charge in [0.2, 0.25) is 0 Å². The highest BCUT2D eigenvalue weighted by atomic mass is 19.4. The average Bonchev–Trinajstić information content (AvgIpc) is 2.52. The van der Waals surface area contributed by atoms with Gasteiger partial charge in [0.1, 0.15) is 5.75 Å². The molecule has 0 fully saturated rings. The van der Waals surface area contributed by atoms with Gasteiger partial charge in [-0.05, 0) is 40.8 Å². The molecule has 0 radical (unpaired) electrons. The number of hydrogen-bond acceptors (Lipinski definition) is 2. The third-order valence-corrected chi connectivity index (χ3v) is 3.86. The number of halogens is 3. The molecule has 2 aromatic rings. The van der Waals surface area contributed by atoms with E-state index >= 15 is 0 Å². The number of ether oxygens (including phenoxy) is 1. The summed E-state index contributed by atoms with van der Waals surface area (Å²) < 4.78 is 42.2. The molecule has 0 aliphatic heterocycles. The molecule has 140 valence electrons. The van der Waals surface area contributed by atoms with Gasteiger partial charge in [-0.3, -0.25) is 4.79 Å². The van der Waals surface area contributed by atoms with Crippen molar-refractivity contribution < 1.29 is 22.7 Å². The van der Waals surface area contributed by atoms with Crippen LogP contribution in [-0.4, -0.2) is 31.3 Å². The molecule has 0 saturated carbocycles. The Balaban J connectivity index is 2.52. The van der Waals surface area contributed by atoms with Gasteiger partial charge in [-0.25, -0.2) is 0 Å². The van der Waals surface area contributed by atoms with E-state index < -0.39 is 11.8 Å². The first-order valence-corrected chi connectivity index (χ1v) is 8.11. The molecule has 1 amide bonds. The van der Waals surface area contributed by atoms with Crippen molar-refractivity contribution in [1.29, 1.82) is 0 Å². The van der Waals surface area contributed by atoms with Crippen LogP contribution in [0.4, 0.5) is 13.2 Å². The van der Waals surface area contributed by atoms with Gasteiger partial charge in [0, 0.05) is 25.2 Å². The topological polar surface area (TPSA) is 29.5 Å². The number of hydrogen-bond donors (Lipinski definition) is 0. The second kappa shape index (κ2) is 7.02. The maximum absolute atomic E-state index is 12.7. The van der Waals surface area contributed by atoms with Crippen LogP contribution in [0.5, 0.6) is 5.75 Å². The van der Waals surface area contributed by atoms with Gasteiger partial charge in [-0.15, -0.1) is 13.2 Å². The van der Waals surface area contributed by atoms with Crippen molar-refractivity contribution in [3.63, 3.8) is 0 Å². The van der Waals surface area contributed by atoms with E-state index in [0.717, 1.165) is 11.1 Å². The van der Waals surface area contributed by atoms with Gasteiger partial charge in [0.15, 0.2) is 0 Å². The summed E-state index contributed by atoms with van der Waals surface area (Å²) in [5.74, 6) is -0.353. The van der Waals surface area contributed by atoms with E-state index in [1.165, 1.54) is 11.0 Å². The summed E-state index contributed by atoms with van der Waals surface area (Å²) in [6.07, 6.45) is -4.75. The minimum Gasteiger partial charge on any atom is -0.405 e. The number of carbonyl (C=O) groups excluding carboxylic acids is 1. The Bertz CT molecular complexity index is 805. The van der Waals surface area contributed by atoms with E-state index in [9.17, 15) is 18.0 Å². The molecule has 6 heteroatoms. The fourth-order valence-corrected chi connectivity index (χ4v) is 2.60. The van der Waals surface area contributed by atoms with Gasteiger partial charge in [0.25, 0.3) is 5.91 Å². The van der Waals surface area contributed by atoms with Gasteiger partial charge >= 0.3 is 6.36 Å². The van der Waals surface area contributed by atoms with Crippen molar-refractivity contribution in [2.24, 2.45) is 0 Å². The molecule has 0 N–H and O–H groups in total. The van der Waals surface area contributed by atoms with Crippen LogP contribution in [0, 0.1) is 0 Å². The van der Waals surface area contributed by atoms with E-state index in [2.05, 4.69) is 4.74 Å². The molecule has 0 unspecified atom stereocenters. The molecule has 0 aromatic heterocycles. The second-order valence-corrected chi connectivity index (χ2v) is 7.29. The van der Waals surface area contributed by atoms with Crippen molar-refractivity contribution in [1.82, 2.24) is 4.90 Å². The molecular weight excluding hydrogens is 343 g/mol. The highest BCUT2D eigenvalue weighted by molar-refractivity contribution is 5.95. The van der Waals surface area contributed by atoms with Crippen LogP contribution >= 0.6 is 0 Å². The number of benzene rings is 2. The molecule has 0 heterocycles. The molecule has 0 aliphatic rings. The first-order chi connectivity index (χ1) is 11.9. The lowest BCUT2D eigenvalue weighted by atomic mass is 9.84. The summed E-state index contributed by atoms with van der Waals surface area (Å²) in [6.45, 7) is 5.46. The fraction of sp³-hybridized carbons (Fsp3) is 0.350. The summed E-state index contributed by atoms with van der Waals surface area (Å²) in [5.41, 5.74) is 1.88. The number of rotatable bonds is 3. The first-order valence-electron chi connectivity index (χ1n) is 8.11. The maximum Gasteiger partial charge on any atom is 0.573 e. The molecule has 0 bridgehead atoms. The second-order valence-electron chi connectivity index (χ2n) is 7.29. The molecule has 0 atom stereocenters. The van der Waals surface area contributed by atoms with Crippen LogP contribution < -0.4 is 4.74 Å². The van der Waals surface area contributed by atoms with E-state index in [4.69, 9.17) is 0 Å². The highest BCUT2D eigenvalue weighted by Gasteiger charge is 2.33. The van der Waals surface area contributed by atoms with Crippen LogP contribution in [0.3, 0.4) is 0 Å². The zero-order valence-corrected chi connectivity index (χ0v) is 15.4. The molecule has 0 spiro atoms. The Labute approximate surface area is 151 Å². The lowest BCUT2D eigenvalue weighted by Gasteiger charge is -2.24. The Morgan fingerprint density at radius 1 is 0.962 bits per heavy atom. The van der Waals surface area contributed by atoms with Gasteiger partial charge < -0.3 is 9.64 Å². The summed E-state index contributed by atoms with van der Waals surface area (Å²) in [7, 11) is 3.33. The van der Waals surface area contributed by atoms with Crippen LogP contribution in [0.15, 0.2) is 42.5 Å². The Hall–Kier alpha value is -2.50. The molecule has 2 rings (SSSR count). The predicted molar refractivity (Wildman–Crippen MR) is 95.3 cm³/mol. The van der Waals surface area contributed by atoms with Gasteiger partial charge in [0.05, 0.1) is 0 Å². The summed E-state index contributed by atoms with van der Waals surface area (Å²) in [5, 5.41) is 0. The van der Waals surface area contributed by atoms with Crippen molar-refractivity contribution in [3.8, 4) is 16.9 Å². The monoisotopic (exact) mass is 365 g/mol. The minimum atomic E-state index is -4.75. The van der Waals surface area contributed by atoms with E-state index in [1.807, 2.05) is 26.8 Å². The average molecular weight is 365 g/mol. The van der Waals surface area contributed by atoms with Crippen molar-refractivity contribution in [2.45, 2.75) is 32.5 Å². The molecule has 3 nitrogen and oxygen atoms in total. The molecule has 2 aromatic carbocycles. The Morgan fingerprint density at radius 3 is 2.12 bits per heavy atom. The number of amides is 1. The third kappa shape index (κ3) is 4.77. The van der Waals surface area contributed by atoms with Crippen molar-refractivity contribution in [3.05, 3.63) is 53.6 Å². The van der Waals surface area contributed by atoms with E-state index in [0.29, 0.717) is 11.1 Å². The summed E-state index contributed by atoms with van der Waals surface area (Å²) in [4.78, 5) is 13.6. The van der Waals surface area contributed by atoms with E-state index in [-0.39, 0.29) is 11.7 Å². The zero-order chi connectivity index (χ0) is 19.7. The number of nitrogens with zero attached hydrogens (tertiary/aromatic N) is 1. The van der Waals surface area contributed by atoms with Gasteiger partial charge in [-0.1, -0.05) is 39.0 Å². The molecule has 26 heavy (non-hydrogen) atoms. The summed E-state index contributed by atoms with van der Waals surface area (Å²) in [6, 6.07) is 11.6. The van der Waals surface area contributed by atoms with Gasteiger partial charge in [-0.2, -0.15) is 0 Å². The third-order valence-electron chi connectivity index (χ3n) is 3.86. The fourth-order valence-electron chi connectivity index (χ4n) is 2.60. The summed E-state index contributed by atoms with van der Waals surface area (Å²) >= 11 is 0. The zero-order valence-electron chi connectivity index (χ0n) is 15.4. The predicted octanol–water partition coefficient (Wildman–Crippen LogP) is 5.25. The molecular formula is C20H22F3NO2. The largest absolute Gasteiger partial charge is 0.573 e. The quantitative estimate of drug-likeness (QED) is 0.743. The SMILES string of the molecule is CN(C)C(=O)c1cccc(-c2ccc(OC(F)(F)F)c(C(C)(C)C)c2)c1. The van der Waals surface area contributed by atoms with Crippen LogP contribution in [-0.2, 0) is 5.41 Å². The van der Waals surface area contributed by atoms with E-state index in [1.54, 1.807) is 44.4 Å². The Kier molecular flexibility index (Phi) is 5.35. The van der Waals surface area contributed by atoms with Crippen molar-refractivity contribution in [2.75, 3.05) is 14.1 Å². The smallest absolute Gasteiger partial charge is 0.405 e. The van der Waals surface area contributed by atoms with Crippen LogP contribution in [0.25, 0.3) is 11.1 Å². The maximum atomic E-state index is 12.7. The first kappa shape index (κ1) is 19.8. The normalized spacial score (nSPS) is 12.0. The number of alkyl halides is 3. The lowest BCUT2D eigenvalue weighted by molar-refractivity contribution is -0.275. The van der Waals surface area contributed by atoms with Crippen molar-refractivity contribution >= 4 is 5.91 Å². The standard InChI is InChI=1S/C20H22F3NO2/c1-19(2,3)16-12-14(9-10-17(16)26-20(21,22)23)13-7-6-8-15(11-13)18(25)24(4)5/h6-12H,1-5H3. The number of carbonyl (C=O) groups is 1. The molecule has 0 saturated heterocycles.